The van der Waals surface area contributed by atoms with E-state index in [1.807, 2.05) is 4.90 Å². The number of hydrogen-bond donors (Lipinski definition) is 0. The second-order valence-electron chi connectivity index (χ2n) is 4.20. The number of esters is 1. The van der Waals surface area contributed by atoms with Gasteiger partial charge in [0.15, 0.2) is 6.10 Å². The highest BCUT2D eigenvalue weighted by atomic mass is 19.4. The van der Waals surface area contributed by atoms with E-state index in [1.54, 1.807) is 0 Å². The van der Waals surface area contributed by atoms with Crippen LogP contribution in [0.25, 0.3) is 0 Å². The van der Waals surface area contributed by atoms with Crippen LogP contribution in [0.1, 0.15) is 6.42 Å². The Balaban J connectivity index is 2.14. The van der Waals surface area contributed by atoms with Crippen LogP contribution < -0.4 is 0 Å². The molecule has 1 unspecified atom stereocenters. The Labute approximate surface area is 109 Å². The van der Waals surface area contributed by atoms with Crippen LogP contribution in [0, 0.1) is 0 Å². The van der Waals surface area contributed by atoms with Crippen molar-refractivity contribution in [1.82, 2.24) is 4.90 Å². The highest BCUT2D eigenvalue weighted by Crippen LogP contribution is 2.14. The van der Waals surface area contributed by atoms with Gasteiger partial charge in [-0.25, -0.2) is 4.79 Å². The van der Waals surface area contributed by atoms with Gasteiger partial charge in [0.1, 0.15) is 6.61 Å². The minimum absolute atomic E-state index is 0.0414. The van der Waals surface area contributed by atoms with Gasteiger partial charge in [0.2, 0.25) is 0 Å². The molecule has 1 fully saturated rings. The van der Waals surface area contributed by atoms with E-state index in [9.17, 15) is 18.0 Å². The second-order valence-corrected chi connectivity index (χ2v) is 4.20. The summed E-state index contributed by atoms with van der Waals surface area (Å²) in [6.45, 7) is 0.831. The van der Waals surface area contributed by atoms with Gasteiger partial charge in [-0.3, -0.25) is 4.90 Å². The van der Waals surface area contributed by atoms with Crippen molar-refractivity contribution in [3.63, 3.8) is 0 Å². The normalized spacial score (nSPS) is 21.4. The minimum atomic E-state index is -4.28. The minimum Gasteiger partial charge on any atom is -0.467 e. The third-order valence-corrected chi connectivity index (χ3v) is 2.64. The van der Waals surface area contributed by atoms with Crippen molar-refractivity contribution in [3.8, 4) is 0 Å². The first kappa shape index (κ1) is 16.2. The van der Waals surface area contributed by atoms with Gasteiger partial charge in [0, 0.05) is 26.2 Å². The number of ether oxygens (including phenoxy) is 3. The number of halogens is 3. The summed E-state index contributed by atoms with van der Waals surface area (Å²) in [5.41, 5.74) is 0. The zero-order valence-corrected chi connectivity index (χ0v) is 10.7. The molecule has 0 bridgehead atoms. The van der Waals surface area contributed by atoms with Gasteiger partial charge in [-0.05, 0) is 6.42 Å². The largest absolute Gasteiger partial charge is 0.467 e. The summed E-state index contributed by atoms with van der Waals surface area (Å²) in [6, 6.07) is 0. The van der Waals surface area contributed by atoms with Gasteiger partial charge in [-0.2, -0.15) is 13.2 Å². The summed E-state index contributed by atoms with van der Waals surface area (Å²) in [4.78, 5) is 13.2. The summed E-state index contributed by atoms with van der Waals surface area (Å²) in [5.74, 6) is -0.432. The van der Waals surface area contributed by atoms with Crippen LogP contribution in [0.3, 0.4) is 0 Å². The maximum absolute atomic E-state index is 11.8. The number of carbonyl (C=O) groups excluding carboxylic acids is 1. The van der Waals surface area contributed by atoms with Crippen LogP contribution in [0.15, 0.2) is 0 Å². The predicted octanol–water partition coefficient (Wildman–Crippen LogP) is 0.829. The molecular weight excluding hydrogens is 267 g/mol. The Morgan fingerprint density at radius 2 is 2.21 bits per heavy atom. The van der Waals surface area contributed by atoms with E-state index in [1.165, 1.54) is 7.11 Å². The predicted molar refractivity (Wildman–Crippen MR) is 59.7 cm³/mol. The van der Waals surface area contributed by atoms with Crippen LogP contribution >= 0.6 is 0 Å². The van der Waals surface area contributed by atoms with Crippen molar-refractivity contribution in [3.05, 3.63) is 0 Å². The molecule has 0 N–H and O–H groups in total. The van der Waals surface area contributed by atoms with Crippen LogP contribution in [0.5, 0.6) is 0 Å². The van der Waals surface area contributed by atoms with Gasteiger partial charge in [-0.15, -0.1) is 0 Å². The van der Waals surface area contributed by atoms with Gasteiger partial charge < -0.3 is 14.2 Å². The first-order valence-electron chi connectivity index (χ1n) is 5.98. The Hall–Kier alpha value is -0.860. The molecule has 5 nitrogen and oxygen atoms in total. The fourth-order valence-electron chi connectivity index (χ4n) is 1.76. The average molecular weight is 285 g/mol. The summed E-state index contributed by atoms with van der Waals surface area (Å²) in [7, 11) is 1.29. The molecule has 1 aliphatic heterocycles. The number of morpholine rings is 1. The van der Waals surface area contributed by atoms with Gasteiger partial charge in [0.25, 0.3) is 0 Å². The average Bonchev–Trinajstić information content (AvgIpc) is 2.36. The molecule has 0 amide bonds. The number of nitrogens with zero attached hydrogens (tertiary/aromatic N) is 1. The number of alkyl halides is 3. The zero-order valence-electron chi connectivity index (χ0n) is 10.7. The number of methoxy groups -OCH3 is 1. The third kappa shape index (κ3) is 6.74. The van der Waals surface area contributed by atoms with Crippen molar-refractivity contribution >= 4 is 5.97 Å². The van der Waals surface area contributed by atoms with Crippen molar-refractivity contribution in [2.24, 2.45) is 0 Å². The van der Waals surface area contributed by atoms with E-state index in [0.29, 0.717) is 32.7 Å². The van der Waals surface area contributed by atoms with Crippen LogP contribution in [-0.4, -0.2) is 69.7 Å². The topological polar surface area (TPSA) is 48.0 Å². The molecule has 1 rings (SSSR count). The van der Waals surface area contributed by atoms with Crippen molar-refractivity contribution in [1.29, 1.82) is 0 Å². The monoisotopic (exact) mass is 285 g/mol. The summed E-state index contributed by atoms with van der Waals surface area (Å²) in [5, 5.41) is 0. The maximum Gasteiger partial charge on any atom is 0.411 e. The number of rotatable bonds is 6. The molecule has 0 aromatic carbocycles. The Kier molecular flexibility index (Phi) is 6.53. The second kappa shape index (κ2) is 7.66. The van der Waals surface area contributed by atoms with Crippen LogP contribution in [0.4, 0.5) is 13.2 Å². The van der Waals surface area contributed by atoms with Gasteiger partial charge in [-0.1, -0.05) is 0 Å². The van der Waals surface area contributed by atoms with Gasteiger partial charge >= 0.3 is 12.1 Å². The van der Waals surface area contributed by atoms with E-state index in [-0.39, 0.29) is 6.61 Å². The molecule has 0 aromatic heterocycles. The lowest BCUT2D eigenvalue weighted by atomic mass is 10.2. The third-order valence-electron chi connectivity index (χ3n) is 2.64. The molecule has 0 spiro atoms. The van der Waals surface area contributed by atoms with Crippen molar-refractivity contribution in [2.75, 3.05) is 46.6 Å². The Morgan fingerprint density at radius 1 is 1.47 bits per heavy atom. The molecule has 1 heterocycles. The SMILES string of the molecule is COC(=O)C1CN(CCCOCC(F)(F)F)CCO1. The van der Waals surface area contributed by atoms with E-state index < -0.39 is 24.9 Å². The highest BCUT2D eigenvalue weighted by Gasteiger charge is 2.28. The molecular formula is C11H18F3NO4. The van der Waals surface area contributed by atoms with Crippen molar-refractivity contribution < 1.29 is 32.2 Å². The summed E-state index contributed by atoms with van der Waals surface area (Å²) in [6.07, 6.45) is -4.42. The Bertz CT molecular complexity index is 286. The van der Waals surface area contributed by atoms with E-state index in [0.717, 1.165) is 0 Å². The first-order chi connectivity index (χ1) is 8.92. The molecule has 19 heavy (non-hydrogen) atoms. The van der Waals surface area contributed by atoms with Crippen LogP contribution in [0.2, 0.25) is 0 Å². The van der Waals surface area contributed by atoms with Crippen molar-refractivity contribution in [2.45, 2.75) is 18.7 Å². The van der Waals surface area contributed by atoms with Crippen LogP contribution in [-0.2, 0) is 19.0 Å². The quantitative estimate of drug-likeness (QED) is 0.534. The molecule has 0 aromatic rings. The van der Waals surface area contributed by atoms with E-state index >= 15 is 0 Å². The Morgan fingerprint density at radius 3 is 2.84 bits per heavy atom. The fourth-order valence-corrected chi connectivity index (χ4v) is 1.76. The lowest BCUT2D eigenvalue weighted by Crippen LogP contribution is -2.46. The molecule has 1 atom stereocenters. The van der Waals surface area contributed by atoms with E-state index in [2.05, 4.69) is 9.47 Å². The molecule has 0 aliphatic carbocycles. The number of hydrogen-bond acceptors (Lipinski definition) is 5. The smallest absolute Gasteiger partial charge is 0.411 e. The summed E-state index contributed by atoms with van der Waals surface area (Å²) < 4.78 is 49.8. The molecule has 112 valence electrons. The lowest BCUT2D eigenvalue weighted by molar-refractivity contribution is -0.174. The van der Waals surface area contributed by atoms with E-state index in [4.69, 9.17) is 4.74 Å². The van der Waals surface area contributed by atoms with Gasteiger partial charge in [0.05, 0.1) is 13.7 Å². The molecule has 1 saturated heterocycles. The molecule has 0 radical (unpaired) electrons. The first-order valence-corrected chi connectivity index (χ1v) is 5.98. The lowest BCUT2D eigenvalue weighted by Gasteiger charge is -2.31. The molecule has 8 heteroatoms. The zero-order chi connectivity index (χ0) is 14.3. The molecule has 1 aliphatic rings. The maximum atomic E-state index is 11.8. The fraction of sp³-hybridized carbons (Fsp3) is 0.909. The number of carbonyl (C=O) groups is 1. The molecule has 0 saturated carbocycles. The summed E-state index contributed by atoms with van der Waals surface area (Å²) >= 11 is 0. The highest BCUT2D eigenvalue weighted by molar-refractivity contribution is 5.74. The standard InChI is InChI=1S/C11H18F3NO4/c1-17-10(16)9-7-15(4-6-19-9)3-2-5-18-8-11(12,13)14/h9H,2-8H2,1H3.